The maximum absolute atomic E-state index is 13.0. The smallest absolute Gasteiger partial charge is 0.204 e. The molecule has 0 saturated heterocycles. The molecule has 0 aliphatic heterocycles. The third kappa shape index (κ3) is 2.34. The lowest BCUT2D eigenvalue weighted by Crippen LogP contribution is -2.07. The van der Waals surface area contributed by atoms with Gasteiger partial charge in [-0.15, -0.1) is 0 Å². The molecule has 0 aliphatic carbocycles. The highest BCUT2D eigenvalue weighted by Gasteiger charge is 2.33. The fourth-order valence-corrected chi connectivity index (χ4v) is 1.58. The summed E-state index contributed by atoms with van der Waals surface area (Å²) in [6, 6.07) is 8.17. The van der Waals surface area contributed by atoms with Gasteiger partial charge in [0.05, 0.1) is 5.56 Å². The van der Waals surface area contributed by atoms with E-state index in [2.05, 4.69) is 6.07 Å². The van der Waals surface area contributed by atoms with Gasteiger partial charge >= 0.3 is 6.18 Å². The van der Waals surface area contributed by atoms with Crippen molar-refractivity contribution < 1.29 is 22.0 Å². The van der Waals surface area contributed by atoms with Crippen molar-refractivity contribution in [1.29, 1.82) is 0 Å². The average Bonchev–Trinajstić information content (AvgIpc) is 2.32. The minimum atomic E-state index is -4.57. The molecule has 18 heavy (non-hydrogen) atoms. The molecule has 5 heteroatoms. The van der Waals surface area contributed by atoms with Gasteiger partial charge in [-0.3, -0.25) is 0 Å². The van der Waals surface area contributed by atoms with Gasteiger partial charge < -0.3 is 0 Å². The van der Waals surface area contributed by atoms with Crippen molar-refractivity contribution in [3.63, 3.8) is 0 Å². The van der Waals surface area contributed by atoms with Gasteiger partial charge in [0.2, 0.25) is 0 Å². The van der Waals surface area contributed by atoms with Crippen LogP contribution in [-0.2, 0) is 6.18 Å². The Labute approximate surface area is 99.7 Å². The minimum Gasteiger partial charge on any atom is -0.204 e. The Morgan fingerprint density at radius 2 is 1.67 bits per heavy atom. The van der Waals surface area contributed by atoms with Crippen LogP contribution in [-0.4, -0.2) is 0 Å². The summed E-state index contributed by atoms with van der Waals surface area (Å²) in [6.07, 6.45) is -4.57. The van der Waals surface area contributed by atoms with Gasteiger partial charge in [0.25, 0.3) is 0 Å². The molecule has 0 saturated carbocycles. The lowest BCUT2D eigenvalue weighted by molar-refractivity contribution is -0.137. The van der Waals surface area contributed by atoms with Crippen molar-refractivity contribution in [2.24, 2.45) is 0 Å². The van der Waals surface area contributed by atoms with E-state index >= 15 is 0 Å². The minimum absolute atomic E-state index is 0.0322. The molecule has 1 radical (unpaired) electrons. The van der Waals surface area contributed by atoms with Crippen molar-refractivity contribution in [1.82, 2.24) is 0 Å². The molecule has 2 aromatic carbocycles. The van der Waals surface area contributed by atoms with Crippen molar-refractivity contribution >= 4 is 0 Å². The molecule has 0 heterocycles. The van der Waals surface area contributed by atoms with E-state index in [9.17, 15) is 22.0 Å². The summed E-state index contributed by atoms with van der Waals surface area (Å²) in [4.78, 5) is 0. The van der Waals surface area contributed by atoms with E-state index in [1.54, 1.807) is 0 Å². The molecular weight excluding hydrogens is 251 g/mol. The van der Waals surface area contributed by atoms with Crippen molar-refractivity contribution in [3.05, 3.63) is 59.7 Å². The number of benzene rings is 2. The third-order valence-electron chi connectivity index (χ3n) is 2.40. The van der Waals surface area contributed by atoms with Crippen molar-refractivity contribution in [2.75, 3.05) is 0 Å². The van der Waals surface area contributed by atoms with Gasteiger partial charge in [0, 0.05) is 0 Å². The predicted octanol–water partition coefficient (Wildman–Crippen LogP) is 4.45. The second kappa shape index (κ2) is 4.40. The average molecular weight is 257 g/mol. The van der Waals surface area contributed by atoms with Crippen LogP contribution in [0.3, 0.4) is 0 Å². The monoisotopic (exact) mass is 257 g/mol. The predicted molar refractivity (Wildman–Crippen MR) is 55.6 cm³/mol. The Balaban J connectivity index is 2.61. The molecule has 0 unspecified atom stereocenters. The van der Waals surface area contributed by atoms with Crippen molar-refractivity contribution in [2.45, 2.75) is 6.18 Å². The Morgan fingerprint density at radius 3 is 2.28 bits per heavy atom. The van der Waals surface area contributed by atoms with Crippen LogP contribution >= 0.6 is 0 Å². The first-order valence-electron chi connectivity index (χ1n) is 4.92. The molecule has 0 aromatic heterocycles. The summed E-state index contributed by atoms with van der Waals surface area (Å²) in [7, 11) is 0. The fourth-order valence-electron chi connectivity index (χ4n) is 1.58. The molecule has 0 nitrogen and oxygen atoms in total. The number of hydrogen-bond donors (Lipinski definition) is 0. The molecule has 0 N–H and O–H groups in total. The van der Waals surface area contributed by atoms with Crippen LogP contribution in [0.4, 0.5) is 22.0 Å². The fraction of sp³-hybridized carbons (Fsp3) is 0.0769. The van der Waals surface area contributed by atoms with Crippen LogP contribution in [0.5, 0.6) is 0 Å². The number of hydrogen-bond acceptors (Lipinski definition) is 0. The van der Waals surface area contributed by atoms with Gasteiger partial charge in [-0.2, -0.15) is 13.2 Å². The van der Waals surface area contributed by atoms with Crippen LogP contribution in [0.1, 0.15) is 5.56 Å². The Kier molecular flexibility index (Phi) is 3.07. The zero-order valence-electron chi connectivity index (χ0n) is 8.85. The molecule has 2 rings (SSSR count). The van der Waals surface area contributed by atoms with Crippen LogP contribution in [0.25, 0.3) is 11.1 Å². The summed E-state index contributed by atoms with van der Waals surface area (Å²) < 4.78 is 64.0. The quantitative estimate of drug-likeness (QED) is 0.662. The van der Waals surface area contributed by atoms with Crippen molar-refractivity contribution in [3.8, 4) is 11.1 Å². The molecule has 0 aliphatic rings. The summed E-state index contributed by atoms with van der Waals surface area (Å²) in [5.74, 6) is -2.29. The molecule has 0 amide bonds. The van der Waals surface area contributed by atoms with Crippen LogP contribution in [0.2, 0.25) is 0 Å². The van der Waals surface area contributed by atoms with Gasteiger partial charge in [0.1, 0.15) is 0 Å². The van der Waals surface area contributed by atoms with E-state index in [1.807, 2.05) is 0 Å². The standard InChI is InChI=1S/C13H6F5/c14-11-6-5-8(7-12(11)15)9-3-1-2-4-10(9)13(16,17)18/h1,3-7H. The van der Waals surface area contributed by atoms with Crippen LogP contribution in [0.15, 0.2) is 36.4 Å². The number of alkyl halides is 3. The zero-order chi connectivity index (χ0) is 13.3. The maximum Gasteiger partial charge on any atom is 0.417 e. The molecule has 0 spiro atoms. The topological polar surface area (TPSA) is 0 Å². The maximum atomic E-state index is 13.0. The van der Waals surface area contributed by atoms with Gasteiger partial charge in [-0.1, -0.05) is 18.2 Å². The Morgan fingerprint density at radius 1 is 0.944 bits per heavy atom. The number of rotatable bonds is 1. The lowest BCUT2D eigenvalue weighted by Gasteiger charge is -2.12. The van der Waals surface area contributed by atoms with E-state index in [0.717, 1.165) is 30.3 Å². The lowest BCUT2D eigenvalue weighted by atomic mass is 9.99. The first kappa shape index (κ1) is 12.5. The highest BCUT2D eigenvalue weighted by molar-refractivity contribution is 5.67. The SMILES string of the molecule is Fc1ccc(-c2cc[c]cc2C(F)(F)F)cc1F. The summed E-state index contributed by atoms with van der Waals surface area (Å²) >= 11 is 0. The summed E-state index contributed by atoms with van der Waals surface area (Å²) in [6.45, 7) is 0. The first-order chi connectivity index (χ1) is 8.39. The molecule has 0 bridgehead atoms. The second-order valence-electron chi connectivity index (χ2n) is 3.60. The van der Waals surface area contributed by atoms with E-state index in [1.165, 1.54) is 6.07 Å². The first-order valence-corrected chi connectivity index (χ1v) is 4.92. The van der Waals surface area contributed by atoms with Crippen LogP contribution in [0, 0.1) is 17.7 Å². The second-order valence-corrected chi connectivity index (χ2v) is 3.60. The molecule has 2 aromatic rings. The summed E-state index contributed by atoms with van der Waals surface area (Å²) in [5.41, 5.74) is -1.17. The Hall–Kier alpha value is -1.91. The van der Waals surface area contributed by atoms with Gasteiger partial charge in [0.15, 0.2) is 11.6 Å². The Bertz CT molecular complexity index is 572. The van der Waals surface area contributed by atoms with Gasteiger partial charge in [-0.25, -0.2) is 8.78 Å². The summed E-state index contributed by atoms with van der Waals surface area (Å²) in [5, 5.41) is 0. The largest absolute Gasteiger partial charge is 0.417 e. The highest BCUT2D eigenvalue weighted by Crippen LogP contribution is 2.36. The van der Waals surface area contributed by atoms with E-state index in [4.69, 9.17) is 0 Å². The molecular formula is C13H6F5. The number of halogens is 5. The molecule has 0 atom stereocenters. The van der Waals surface area contributed by atoms with Gasteiger partial charge in [-0.05, 0) is 35.4 Å². The van der Waals surface area contributed by atoms with E-state index in [-0.39, 0.29) is 11.1 Å². The van der Waals surface area contributed by atoms with E-state index in [0.29, 0.717) is 0 Å². The third-order valence-corrected chi connectivity index (χ3v) is 2.40. The molecule has 93 valence electrons. The normalized spacial score (nSPS) is 11.6. The van der Waals surface area contributed by atoms with Crippen LogP contribution < -0.4 is 0 Å². The molecule has 0 fully saturated rings. The zero-order valence-corrected chi connectivity index (χ0v) is 8.85. The highest BCUT2D eigenvalue weighted by atomic mass is 19.4. The van der Waals surface area contributed by atoms with E-state index < -0.39 is 23.4 Å².